The van der Waals surface area contributed by atoms with E-state index in [9.17, 15) is 0 Å². The minimum absolute atomic E-state index is 0.0637. The fraction of sp³-hybridized carbons (Fsp3) is 0.833. The van der Waals surface area contributed by atoms with Crippen LogP contribution in [-0.2, 0) is 4.74 Å². The van der Waals surface area contributed by atoms with Crippen molar-refractivity contribution in [2.45, 2.75) is 67.4 Å². The standard InChI is InChI=1S/C8H14O.2C2H6/c1-6-5-8(3,4)9-7(6)2;2*1-2/h5H2,1-4H3;2*1-2H3. The molecule has 0 N–H and O–H groups in total. The average molecular weight is 186 g/mol. The summed E-state index contributed by atoms with van der Waals surface area (Å²) in [4.78, 5) is 0. The van der Waals surface area contributed by atoms with Gasteiger partial charge in [0.05, 0.1) is 5.76 Å². The Bertz CT molecular complexity index is 139. The zero-order chi connectivity index (χ0) is 11.1. The third kappa shape index (κ3) is 5.73. The van der Waals surface area contributed by atoms with E-state index in [4.69, 9.17) is 4.74 Å². The number of ether oxygens (including phenoxy) is 1. The molecule has 1 aliphatic heterocycles. The second-order valence-corrected chi connectivity index (χ2v) is 3.38. The van der Waals surface area contributed by atoms with Crippen molar-refractivity contribution >= 4 is 0 Å². The summed E-state index contributed by atoms with van der Waals surface area (Å²) in [6.07, 6.45) is 1.08. The molecule has 1 heteroatoms. The fourth-order valence-electron chi connectivity index (χ4n) is 1.30. The van der Waals surface area contributed by atoms with Gasteiger partial charge in [0.25, 0.3) is 0 Å². The predicted octanol–water partition coefficient (Wildman–Crippen LogP) is 4.53. The van der Waals surface area contributed by atoms with Gasteiger partial charge in [0.15, 0.2) is 0 Å². The van der Waals surface area contributed by atoms with Gasteiger partial charge in [-0.15, -0.1) is 0 Å². The predicted molar refractivity (Wildman–Crippen MR) is 60.9 cm³/mol. The second kappa shape index (κ2) is 6.99. The molecular formula is C12H26O. The molecule has 13 heavy (non-hydrogen) atoms. The third-order valence-corrected chi connectivity index (χ3v) is 1.72. The van der Waals surface area contributed by atoms with Crippen LogP contribution in [0.3, 0.4) is 0 Å². The van der Waals surface area contributed by atoms with Crippen molar-refractivity contribution in [1.29, 1.82) is 0 Å². The highest BCUT2D eigenvalue weighted by Crippen LogP contribution is 2.32. The molecule has 0 aromatic carbocycles. The molecule has 0 aliphatic carbocycles. The van der Waals surface area contributed by atoms with Crippen LogP contribution in [0.5, 0.6) is 0 Å². The highest BCUT2D eigenvalue weighted by molar-refractivity contribution is 5.13. The van der Waals surface area contributed by atoms with Crippen molar-refractivity contribution in [2.24, 2.45) is 0 Å². The first-order valence-electron chi connectivity index (χ1n) is 5.37. The monoisotopic (exact) mass is 186 g/mol. The van der Waals surface area contributed by atoms with E-state index in [0.717, 1.165) is 12.2 Å². The topological polar surface area (TPSA) is 9.23 Å². The summed E-state index contributed by atoms with van der Waals surface area (Å²) >= 11 is 0. The van der Waals surface area contributed by atoms with Gasteiger partial charge in [-0.2, -0.15) is 0 Å². The average Bonchev–Trinajstić information content (AvgIpc) is 2.32. The highest BCUT2D eigenvalue weighted by atomic mass is 16.5. The Morgan fingerprint density at radius 2 is 1.38 bits per heavy atom. The van der Waals surface area contributed by atoms with Gasteiger partial charge in [0.1, 0.15) is 5.60 Å². The summed E-state index contributed by atoms with van der Waals surface area (Å²) in [6, 6.07) is 0. The lowest BCUT2D eigenvalue weighted by atomic mass is 10.0. The van der Waals surface area contributed by atoms with E-state index in [0.29, 0.717) is 0 Å². The number of hydrogen-bond acceptors (Lipinski definition) is 1. The van der Waals surface area contributed by atoms with Gasteiger partial charge in [-0.25, -0.2) is 0 Å². The summed E-state index contributed by atoms with van der Waals surface area (Å²) < 4.78 is 5.54. The summed E-state index contributed by atoms with van der Waals surface area (Å²) in [6.45, 7) is 16.4. The second-order valence-electron chi connectivity index (χ2n) is 3.38. The molecule has 1 rings (SSSR count). The van der Waals surface area contributed by atoms with Crippen LogP contribution in [0.2, 0.25) is 0 Å². The molecule has 0 bridgehead atoms. The minimum Gasteiger partial charge on any atom is -0.492 e. The molecular weight excluding hydrogens is 160 g/mol. The molecule has 80 valence electrons. The Hall–Kier alpha value is -0.460. The maximum atomic E-state index is 5.54. The Morgan fingerprint density at radius 3 is 1.46 bits per heavy atom. The van der Waals surface area contributed by atoms with Crippen LogP contribution in [0.15, 0.2) is 11.3 Å². The smallest absolute Gasteiger partial charge is 0.107 e. The highest BCUT2D eigenvalue weighted by Gasteiger charge is 2.27. The zero-order valence-corrected chi connectivity index (χ0v) is 10.6. The summed E-state index contributed by atoms with van der Waals surface area (Å²) in [7, 11) is 0. The number of rotatable bonds is 0. The molecule has 0 radical (unpaired) electrons. The van der Waals surface area contributed by atoms with Crippen molar-refractivity contribution in [3.8, 4) is 0 Å². The number of allylic oxidation sites excluding steroid dienone is 1. The quantitative estimate of drug-likeness (QED) is 0.540. The Morgan fingerprint density at radius 1 is 1.00 bits per heavy atom. The molecule has 1 nitrogen and oxygen atoms in total. The van der Waals surface area contributed by atoms with Gasteiger partial charge < -0.3 is 4.74 Å². The van der Waals surface area contributed by atoms with Crippen molar-refractivity contribution in [1.82, 2.24) is 0 Å². The van der Waals surface area contributed by atoms with Crippen molar-refractivity contribution < 1.29 is 4.74 Å². The zero-order valence-electron chi connectivity index (χ0n) is 10.6. The molecule has 0 fully saturated rings. The van der Waals surface area contributed by atoms with Crippen LogP contribution in [0, 0.1) is 0 Å². The summed E-state index contributed by atoms with van der Waals surface area (Å²) in [5.74, 6) is 1.11. The van der Waals surface area contributed by atoms with Crippen molar-refractivity contribution in [3.63, 3.8) is 0 Å². The van der Waals surface area contributed by atoms with Gasteiger partial charge in [-0.05, 0) is 33.3 Å². The third-order valence-electron chi connectivity index (χ3n) is 1.72. The van der Waals surface area contributed by atoms with Crippen LogP contribution < -0.4 is 0 Å². The van der Waals surface area contributed by atoms with E-state index in [1.807, 2.05) is 34.6 Å². The molecule has 0 atom stereocenters. The fourth-order valence-corrected chi connectivity index (χ4v) is 1.30. The van der Waals surface area contributed by atoms with Crippen molar-refractivity contribution in [3.05, 3.63) is 11.3 Å². The van der Waals surface area contributed by atoms with E-state index in [-0.39, 0.29) is 5.60 Å². The largest absolute Gasteiger partial charge is 0.492 e. The molecule has 0 spiro atoms. The molecule has 1 aliphatic rings. The molecule has 0 aromatic rings. The minimum atomic E-state index is 0.0637. The maximum absolute atomic E-state index is 5.54. The van der Waals surface area contributed by atoms with E-state index in [2.05, 4.69) is 20.8 Å². The lowest BCUT2D eigenvalue weighted by Crippen LogP contribution is -2.17. The first-order valence-corrected chi connectivity index (χ1v) is 5.37. The van der Waals surface area contributed by atoms with E-state index >= 15 is 0 Å². The Balaban J connectivity index is 0. The first kappa shape index (κ1) is 15.0. The molecule has 0 aromatic heterocycles. The van der Waals surface area contributed by atoms with E-state index in [1.165, 1.54) is 5.57 Å². The Labute approximate surface area is 84.2 Å². The van der Waals surface area contributed by atoms with Crippen LogP contribution >= 0.6 is 0 Å². The van der Waals surface area contributed by atoms with Gasteiger partial charge in [0.2, 0.25) is 0 Å². The maximum Gasteiger partial charge on any atom is 0.107 e. The van der Waals surface area contributed by atoms with Crippen LogP contribution in [-0.4, -0.2) is 5.60 Å². The lowest BCUT2D eigenvalue weighted by molar-refractivity contribution is 0.0625. The van der Waals surface area contributed by atoms with Gasteiger partial charge in [0, 0.05) is 6.42 Å². The van der Waals surface area contributed by atoms with Crippen LogP contribution in [0.25, 0.3) is 0 Å². The summed E-state index contributed by atoms with van der Waals surface area (Å²) in [5.41, 5.74) is 1.45. The lowest BCUT2D eigenvalue weighted by Gasteiger charge is -2.18. The van der Waals surface area contributed by atoms with Gasteiger partial charge >= 0.3 is 0 Å². The number of hydrogen-bond donors (Lipinski definition) is 0. The molecule has 1 heterocycles. The van der Waals surface area contributed by atoms with Gasteiger partial charge in [-0.3, -0.25) is 0 Å². The molecule has 0 amide bonds. The molecule has 0 unspecified atom stereocenters. The van der Waals surface area contributed by atoms with E-state index in [1.54, 1.807) is 0 Å². The molecule has 0 saturated carbocycles. The van der Waals surface area contributed by atoms with Crippen LogP contribution in [0.1, 0.15) is 61.8 Å². The van der Waals surface area contributed by atoms with Gasteiger partial charge in [-0.1, -0.05) is 27.7 Å². The summed E-state index contributed by atoms with van der Waals surface area (Å²) in [5, 5.41) is 0. The van der Waals surface area contributed by atoms with Crippen LogP contribution in [0.4, 0.5) is 0 Å². The van der Waals surface area contributed by atoms with Crippen molar-refractivity contribution in [2.75, 3.05) is 0 Å². The molecule has 0 saturated heterocycles. The SMILES string of the molecule is CC.CC.CC1=C(C)OC(C)(C)C1. The normalized spacial score (nSPS) is 17.8. The Kier molecular flexibility index (Phi) is 8.09. The van der Waals surface area contributed by atoms with E-state index < -0.39 is 0 Å². The first-order chi connectivity index (χ1) is 6.01.